The first-order chi connectivity index (χ1) is 10.6. The molecule has 4 nitrogen and oxygen atoms in total. The van der Waals surface area contributed by atoms with Gasteiger partial charge in [-0.3, -0.25) is 4.79 Å². The molecule has 0 radical (unpaired) electrons. The Bertz CT molecular complexity index is 655. The molecule has 0 fully saturated rings. The molecule has 2 aromatic rings. The summed E-state index contributed by atoms with van der Waals surface area (Å²) in [4.78, 5) is 11.8. The van der Waals surface area contributed by atoms with Crippen molar-refractivity contribution in [2.75, 3.05) is 14.2 Å². The Hall–Kier alpha value is -2.56. The van der Waals surface area contributed by atoms with Crippen LogP contribution in [0.2, 0.25) is 0 Å². The molecule has 2 aromatic carbocycles. The van der Waals surface area contributed by atoms with Crippen molar-refractivity contribution in [1.29, 1.82) is 0 Å². The summed E-state index contributed by atoms with van der Waals surface area (Å²) in [6.45, 7) is -0.0845. The second-order valence-electron chi connectivity index (χ2n) is 4.62. The van der Waals surface area contributed by atoms with E-state index in [0.29, 0.717) is 17.1 Å². The fraction of sp³-hybridized carbons (Fsp3) is 0.235. The maximum atomic E-state index is 13.4. The second-order valence-corrected chi connectivity index (χ2v) is 4.62. The lowest BCUT2D eigenvalue weighted by atomic mass is 10.1. The van der Waals surface area contributed by atoms with E-state index in [2.05, 4.69) is 0 Å². The maximum absolute atomic E-state index is 13.4. The molecule has 116 valence electrons. The largest absolute Gasteiger partial charge is 0.493 e. The van der Waals surface area contributed by atoms with Crippen LogP contribution in [0.25, 0.3) is 0 Å². The Morgan fingerprint density at radius 2 is 1.77 bits per heavy atom. The van der Waals surface area contributed by atoms with Gasteiger partial charge in [0.05, 0.1) is 20.6 Å². The van der Waals surface area contributed by atoms with Gasteiger partial charge in [0.25, 0.3) is 0 Å². The summed E-state index contributed by atoms with van der Waals surface area (Å²) in [6, 6.07) is 11.4. The van der Waals surface area contributed by atoms with E-state index in [1.807, 2.05) is 0 Å². The molecule has 0 saturated carbocycles. The molecule has 0 aliphatic carbocycles. The van der Waals surface area contributed by atoms with Gasteiger partial charge in [-0.1, -0.05) is 24.3 Å². The highest BCUT2D eigenvalue weighted by molar-refractivity contribution is 5.73. The van der Waals surface area contributed by atoms with Crippen molar-refractivity contribution in [3.05, 3.63) is 59.4 Å². The minimum atomic E-state index is -0.435. The summed E-state index contributed by atoms with van der Waals surface area (Å²) in [5.74, 6) is 0.310. The molecule has 22 heavy (non-hydrogen) atoms. The van der Waals surface area contributed by atoms with Gasteiger partial charge in [0.1, 0.15) is 12.4 Å². The molecule has 0 aliphatic heterocycles. The van der Waals surface area contributed by atoms with Gasteiger partial charge in [-0.05, 0) is 23.8 Å². The molecule has 0 aromatic heterocycles. The van der Waals surface area contributed by atoms with E-state index in [0.717, 1.165) is 5.56 Å². The van der Waals surface area contributed by atoms with Crippen LogP contribution in [0, 0.1) is 5.82 Å². The summed E-state index contributed by atoms with van der Waals surface area (Å²) in [5.41, 5.74) is 1.08. The number of esters is 1. The maximum Gasteiger partial charge on any atom is 0.310 e. The van der Waals surface area contributed by atoms with Crippen LogP contribution in [-0.4, -0.2) is 20.2 Å². The summed E-state index contributed by atoms with van der Waals surface area (Å²) in [5, 5.41) is 0. The van der Waals surface area contributed by atoms with E-state index in [1.54, 1.807) is 43.5 Å². The van der Waals surface area contributed by atoms with Crippen LogP contribution in [0.3, 0.4) is 0 Å². The first kappa shape index (κ1) is 15.8. The van der Waals surface area contributed by atoms with Gasteiger partial charge in [-0.2, -0.15) is 0 Å². The van der Waals surface area contributed by atoms with Crippen LogP contribution in [0.15, 0.2) is 42.5 Å². The monoisotopic (exact) mass is 304 g/mol. The zero-order valence-electron chi connectivity index (χ0n) is 12.5. The van der Waals surface area contributed by atoms with Crippen LogP contribution >= 0.6 is 0 Å². The number of methoxy groups -OCH3 is 2. The van der Waals surface area contributed by atoms with Gasteiger partial charge in [0, 0.05) is 5.56 Å². The third kappa shape index (κ3) is 3.97. The standard InChI is InChI=1S/C17H17FO4/c1-20-15-8-7-12(9-16(15)21-2)10-17(19)22-11-13-5-3-4-6-14(13)18/h3-9H,10-11H2,1-2H3. The Morgan fingerprint density at radius 3 is 2.45 bits per heavy atom. The third-order valence-electron chi connectivity index (χ3n) is 3.14. The summed E-state index contributed by atoms with van der Waals surface area (Å²) in [7, 11) is 3.07. The molecular formula is C17H17FO4. The molecule has 0 aliphatic rings. The van der Waals surface area contributed by atoms with Crippen LogP contribution < -0.4 is 9.47 Å². The Kier molecular flexibility index (Phi) is 5.36. The molecule has 0 unspecified atom stereocenters. The topological polar surface area (TPSA) is 44.8 Å². The lowest BCUT2D eigenvalue weighted by Gasteiger charge is -2.10. The minimum Gasteiger partial charge on any atom is -0.493 e. The molecule has 0 N–H and O–H groups in total. The van der Waals surface area contributed by atoms with Crippen LogP contribution in [0.5, 0.6) is 11.5 Å². The molecular weight excluding hydrogens is 287 g/mol. The summed E-state index contributed by atoms with van der Waals surface area (Å²) < 4.78 is 28.8. The first-order valence-corrected chi connectivity index (χ1v) is 6.74. The highest BCUT2D eigenvalue weighted by atomic mass is 19.1. The fourth-order valence-electron chi connectivity index (χ4n) is 1.98. The number of benzene rings is 2. The number of carbonyl (C=O) groups excluding carboxylic acids is 1. The average Bonchev–Trinajstić information content (AvgIpc) is 2.54. The molecule has 2 rings (SSSR count). The van der Waals surface area contributed by atoms with Crippen molar-refractivity contribution < 1.29 is 23.4 Å². The number of rotatable bonds is 6. The molecule has 0 spiro atoms. The fourth-order valence-corrected chi connectivity index (χ4v) is 1.98. The van der Waals surface area contributed by atoms with E-state index < -0.39 is 5.97 Å². The van der Waals surface area contributed by atoms with E-state index in [1.165, 1.54) is 13.2 Å². The first-order valence-electron chi connectivity index (χ1n) is 6.74. The van der Waals surface area contributed by atoms with Crippen molar-refractivity contribution in [3.8, 4) is 11.5 Å². The van der Waals surface area contributed by atoms with E-state index in [4.69, 9.17) is 14.2 Å². The zero-order valence-corrected chi connectivity index (χ0v) is 12.5. The number of carbonyl (C=O) groups is 1. The van der Waals surface area contributed by atoms with Crippen LogP contribution in [0.1, 0.15) is 11.1 Å². The lowest BCUT2D eigenvalue weighted by Crippen LogP contribution is -2.09. The molecule has 5 heteroatoms. The average molecular weight is 304 g/mol. The van der Waals surface area contributed by atoms with Gasteiger partial charge in [-0.25, -0.2) is 4.39 Å². The number of hydrogen-bond donors (Lipinski definition) is 0. The van der Waals surface area contributed by atoms with Gasteiger partial charge in [0.15, 0.2) is 11.5 Å². The smallest absolute Gasteiger partial charge is 0.310 e. The van der Waals surface area contributed by atoms with Crippen LogP contribution in [0.4, 0.5) is 4.39 Å². The van der Waals surface area contributed by atoms with Crippen molar-refractivity contribution in [2.45, 2.75) is 13.0 Å². The lowest BCUT2D eigenvalue weighted by molar-refractivity contribution is -0.144. The highest BCUT2D eigenvalue weighted by Crippen LogP contribution is 2.27. The number of ether oxygens (including phenoxy) is 3. The molecule has 0 bridgehead atoms. The van der Waals surface area contributed by atoms with Crippen LogP contribution in [-0.2, 0) is 22.6 Å². The Balaban J connectivity index is 1.96. The predicted molar refractivity (Wildman–Crippen MR) is 79.4 cm³/mol. The van der Waals surface area contributed by atoms with E-state index in [9.17, 15) is 9.18 Å². The van der Waals surface area contributed by atoms with Gasteiger partial charge < -0.3 is 14.2 Å². The summed E-state index contributed by atoms with van der Waals surface area (Å²) in [6.07, 6.45) is 0.0782. The Labute approximate surface area is 128 Å². The third-order valence-corrected chi connectivity index (χ3v) is 3.14. The summed E-state index contributed by atoms with van der Waals surface area (Å²) >= 11 is 0. The number of halogens is 1. The molecule has 0 atom stereocenters. The van der Waals surface area contributed by atoms with Crippen molar-refractivity contribution in [3.63, 3.8) is 0 Å². The van der Waals surface area contributed by atoms with Crippen molar-refractivity contribution in [2.24, 2.45) is 0 Å². The second kappa shape index (κ2) is 7.45. The van der Waals surface area contributed by atoms with Crippen molar-refractivity contribution >= 4 is 5.97 Å². The van der Waals surface area contributed by atoms with Gasteiger partial charge >= 0.3 is 5.97 Å². The minimum absolute atomic E-state index is 0.0782. The van der Waals surface area contributed by atoms with Crippen molar-refractivity contribution in [1.82, 2.24) is 0 Å². The highest BCUT2D eigenvalue weighted by Gasteiger charge is 2.10. The van der Waals surface area contributed by atoms with E-state index >= 15 is 0 Å². The van der Waals surface area contributed by atoms with Gasteiger partial charge in [0.2, 0.25) is 0 Å². The Morgan fingerprint density at radius 1 is 1.05 bits per heavy atom. The predicted octanol–water partition coefficient (Wildman–Crippen LogP) is 3.13. The normalized spacial score (nSPS) is 10.1. The number of hydrogen-bond acceptors (Lipinski definition) is 4. The molecule has 0 amide bonds. The molecule has 0 heterocycles. The van der Waals surface area contributed by atoms with Gasteiger partial charge in [-0.15, -0.1) is 0 Å². The quantitative estimate of drug-likeness (QED) is 0.769. The SMILES string of the molecule is COc1ccc(CC(=O)OCc2ccccc2F)cc1OC. The zero-order chi connectivity index (χ0) is 15.9. The van der Waals surface area contributed by atoms with E-state index in [-0.39, 0.29) is 18.8 Å². The molecule has 0 saturated heterocycles.